The zero-order valence-electron chi connectivity index (χ0n) is 19.0. The molecule has 6 nitrogen and oxygen atoms in total. The third kappa shape index (κ3) is 6.65. The molecule has 178 valence electrons. The van der Waals surface area contributed by atoms with Crippen molar-refractivity contribution in [3.63, 3.8) is 0 Å². The van der Waals surface area contributed by atoms with Crippen LogP contribution in [0, 0.1) is 0 Å². The predicted molar refractivity (Wildman–Crippen MR) is 134 cm³/mol. The van der Waals surface area contributed by atoms with Crippen molar-refractivity contribution in [1.29, 1.82) is 0 Å². The van der Waals surface area contributed by atoms with Crippen molar-refractivity contribution in [3.8, 4) is 11.5 Å². The molecule has 0 bridgehead atoms. The number of carbonyl (C=O) groups is 2. The Morgan fingerprint density at radius 1 is 0.971 bits per heavy atom. The molecule has 34 heavy (non-hydrogen) atoms. The van der Waals surface area contributed by atoms with Gasteiger partial charge >= 0.3 is 0 Å². The second-order valence-electron chi connectivity index (χ2n) is 7.52. The molecule has 1 N–H and O–H groups in total. The SMILES string of the molecule is CNC(=O)[C@@H](Cc1ccccc1)N(Cc1ccc(Cl)cc1Cl)C(=O)COc1ccccc1OC. The summed E-state index contributed by atoms with van der Waals surface area (Å²) in [4.78, 5) is 27.9. The topological polar surface area (TPSA) is 67.9 Å². The van der Waals surface area contributed by atoms with E-state index in [2.05, 4.69) is 5.32 Å². The van der Waals surface area contributed by atoms with Crippen molar-refractivity contribution < 1.29 is 19.1 Å². The van der Waals surface area contributed by atoms with Crippen LogP contribution in [-0.2, 0) is 22.6 Å². The maximum Gasteiger partial charge on any atom is 0.261 e. The summed E-state index contributed by atoms with van der Waals surface area (Å²) < 4.78 is 11.1. The molecule has 0 saturated carbocycles. The monoisotopic (exact) mass is 500 g/mol. The van der Waals surface area contributed by atoms with Gasteiger partial charge in [0, 0.05) is 30.1 Å². The van der Waals surface area contributed by atoms with Crippen LogP contribution in [0.25, 0.3) is 0 Å². The quantitative estimate of drug-likeness (QED) is 0.435. The summed E-state index contributed by atoms with van der Waals surface area (Å²) in [5.41, 5.74) is 1.58. The smallest absolute Gasteiger partial charge is 0.261 e. The summed E-state index contributed by atoms with van der Waals surface area (Å²) in [5.74, 6) is 0.276. The number of hydrogen-bond donors (Lipinski definition) is 1. The molecule has 3 aromatic rings. The average Bonchev–Trinajstić information content (AvgIpc) is 2.86. The number of benzene rings is 3. The lowest BCUT2D eigenvalue weighted by Crippen LogP contribution is -2.51. The molecule has 0 spiro atoms. The molecule has 1 atom stereocenters. The molecule has 0 aromatic heterocycles. The normalized spacial score (nSPS) is 11.4. The van der Waals surface area contributed by atoms with E-state index in [1.165, 1.54) is 12.0 Å². The van der Waals surface area contributed by atoms with Crippen LogP contribution in [0.2, 0.25) is 10.0 Å². The zero-order valence-corrected chi connectivity index (χ0v) is 20.5. The fraction of sp³-hybridized carbons (Fsp3) is 0.231. The fourth-order valence-corrected chi connectivity index (χ4v) is 3.98. The molecule has 3 aromatic carbocycles. The molecular weight excluding hydrogens is 475 g/mol. The van der Waals surface area contributed by atoms with Crippen molar-refractivity contribution >= 4 is 35.0 Å². The van der Waals surface area contributed by atoms with Crippen molar-refractivity contribution in [2.45, 2.75) is 19.0 Å². The van der Waals surface area contributed by atoms with Gasteiger partial charge in [0.2, 0.25) is 5.91 Å². The lowest BCUT2D eigenvalue weighted by molar-refractivity contribution is -0.142. The van der Waals surface area contributed by atoms with Crippen LogP contribution >= 0.6 is 23.2 Å². The number of carbonyl (C=O) groups excluding carboxylic acids is 2. The number of likely N-dealkylation sites (N-methyl/N-ethyl adjacent to an activating group) is 1. The van der Waals surface area contributed by atoms with Crippen LogP contribution in [0.3, 0.4) is 0 Å². The van der Waals surface area contributed by atoms with Gasteiger partial charge in [-0.05, 0) is 35.4 Å². The van der Waals surface area contributed by atoms with Gasteiger partial charge in [-0.25, -0.2) is 0 Å². The number of para-hydroxylation sites is 2. The Kier molecular flexibility index (Phi) is 9.19. The molecule has 0 radical (unpaired) electrons. The molecule has 0 saturated heterocycles. The molecule has 8 heteroatoms. The predicted octanol–water partition coefficient (Wildman–Crippen LogP) is 4.77. The highest BCUT2D eigenvalue weighted by molar-refractivity contribution is 6.35. The van der Waals surface area contributed by atoms with Crippen LogP contribution in [0.1, 0.15) is 11.1 Å². The molecular formula is C26H26Cl2N2O4. The van der Waals surface area contributed by atoms with Crippen molar-refractivity contribution in [2.24, 2.45) is 0 Å². The Hall–Kier alpha value is -3.22. The van der Waals surface area contributed by atoms with E-state index in [0.29, 0.717) is 33.5 Å². The number of methoxy groups -OCH3 is 1. The van der Waals surface area contributed by atoms with Crippen LogP contribution in [0.4, 0.5) is 0 Å². The molecule has 0 aliphatic rings. The average molecular weight is 501 g/mol. The summed E-state index contributed by atoms with van der Waals surface area (Å²) >= 11 is 12.4. The Morgan fingerprint density at radius 3 is 2.29 bits per heavy atom. The van der Waals surface area contributed by atoms with Gasteiger partial charge < -0.3 is 19.7 Å². The lowest BCUT2D eigenvalue weighted by Gasteiger charge is -2.31. The molecule has 0 fully saturated rings. The van der Waals surface area contributed by atoms with E-state index in [0.717, 1.165) is 5.56 Å². The van der Waals surface area contributed by atoms with Crippen LogP contribution in [0.15, 0.2) is 72.8 Å². The Labute approximate surface area is 209 Å². The van der Waals surface area contributed by atoms with Crippen molar-refractivity contribution in [2.75, 3.05) is 20.8 Å². The zero-order chi connectivity index (χ0) is 24.5. The first-order chi connectivity index (χ1) is 16.4. The third-order valence-electron chi connectivity index (χ3n) is 5.29. The van der Waals surface area contributed by atoms with E-state index < -0.39 is 6.04 Å². The molecule has 0 aliphatic heterocycles. The number of rotatable bonds is 10. The second kappa shape index (κ2) is 12.3. The molecule has 3 rings (SSSR count). The maximum absolute atomic E-state index is 13.5. The summed E-state index contributed by atoms with van der Waals surface area (Å²) in [5, 5.41) is 3.57. The van der Waals surface area contributed by atoms with E-state index in [4.69, 9.17) is 32.7 Å². The minimum atomic E-state index is -0.784. The molecule has 2 amide bonds. The van der Waals surface area contributed by atoms with E-state index in [9.17, 15) is 9.59 Å². The highest BCUT2D eigenvalue weighted by Gasteiger charge is 2.30. The molecule has 0 aliphatic carbocycles. The van der Waals surface area contributed by atoms with Gasteiger partial charge in [0.1, 0.15) is 6.04 Å². The number of hydrogen-bond acceptors (Lipinski definition) is 4. The van der Waals surface area contributed by atoms with Gasteiger partial charge in [-0.15, -0.1) is 0 Å². The number of nitrogens with one attached hydrogen (secondary N) is 1. The van der Waals surface area contributed by atoms with Crippen molar-refractivity contribution in [1.82, 2.24) is 10.2 Å². The number of halogens is 2. The third-order valence-corrected chi connectivity index (χ3v) is 5.88. The standard InChI is InChI=1S/C26H26Cl2N2O4/c1-29-26(32)22(14-18-8-4-3-5-9-18)30(16-19-12-13-20(27)15-21(19)28)25(31)17-34-24-11-7-6-10-23(24)33-2/h3-13,15,22H,14,16-17H2,1-2H3,(H,29,32)/t22-/m1/s1. The fourth-order valence-electron chi connectivity index (χ4n) is 3.51. The van der Waals surface area contributed by atoms with Crippen LogP contribution in [0.5, 0.6) is 11.5 Å². The van der Waals surface area contributed by atoms with Gasteiger partial charge in [0.05, 0.1) is 7.11 Å². The molecule has 0 unspecified atom stereocenters. The minimum Gasteiger partial charge on any atom is -0.493 e. The highest BCUT2D eigenvalue weighted by atomic mass is 35.5. The lowest BCUT2D eigenvalue weighted by atomic mass is 10.0. The van der Waals surface area contributed by atoms with Gasteiger partial charge in [-0.3, -0.25) is 9.59 Å². The summed E-state index contributed by atoms with van der Waals surface area (Å²) in [6.07, 6.45) is 0.326. The van der Waals surface area contributed by atoms with E-state index >= 15 is 0 Å². The van der Waals surface area contributed by atoms with Gasteiger partial charge in [-0.2, -0.15) is 0 Å². The largest absolute Gasteiger partial charge is 0.493 e. The summed E-state index contributed by atoms with van der Waals surface area (Å²) in [7, 11) is 3.07. The Bertz CT molecular complexity index is 1120. The second-order valence-corrected chi connectivity index (χ2v) is 8.36. The first-order valence-electron chi connectivity index (χ1n) is 10.7. The van der Waals surface area contributed by atoms with E-state index in [-0.39, 0.29) is 25.0 Å². The van der Waals surface area contributed by atoms with Gasteiger partial charge in [0.15, 0.2) is 18.1 Å². The number of amides is 2. The maximum atomic E-state index is 13.5. The van der Waals surface area contributed by atoms with Gasteiger partial charge in [-0.1, -0.05) is 71.7 Å². The van der Waals surface area contributed by atoms with Crippen molar-refractivity contribution in [3.05, 3.63) is 94.0 Å². The summed E-state index contributed by atoms with van der Waals surface area (Å²) in [6, 6.07) is 20.8. The number of ether oxygens (including phenoxy) is 2. The van der Waals surface area contributed by atoms with E-state index in [1.807, 2.05) is 36.4 Å². The van der Waals surface area contributed by atoms with E-state index in [1.54, 1.807) is 43.4 Å². The first-order valence-corrected chi connectivity index (χ1v) is 11.4. The minimum absolute atomic E-state index is 0.106. The Morgan fingerprint density at radius 2 is 1.65 bits per heavy atom. The van der Waals surface area contributed by atoms with Gasteiger partial charge in [0.25, 0.3) is 5.91 Å². The van der Waals surface area contributed by atoms with Crippen LogP contribution in [-0.4, -0.2) is 43.5 Å². The highest BCUT2D eigenvalue weighted by Crippen LogP contribution is 2.27. The van der Waals surface area contributed by atoms with Crippen LogP contribution < -0.4 is 14.8 Å². The first kappa shape index (κ1) is 25.4. The Balaban J connectivity index is 1.91. The number of nitrogens with zero attached hydrogens (tertiary/aromatic N) is 1. The summed E-state index contributed by atoms with van der Waals surface area (Å²) in [6.45, 7) is -0.178. The molecule has 0 heterocycles.